The Hall–Kier alpha value is -3.43. The molecule has 18 nitrogen and oxygen atoms in total. The van der Waals surface area contributed by atoms with Gasteiger partial charge in [-0.25, -0.2) is 9.97 Å². The van der Waals surface area contributed by atoms with Crippen LogP contribution in [0.4, 0.5) is 11.6 Å². The van der Waals surface area contributed by atoms with Gasteiger partial charge in [-0.2, -0.15) is 0 Å². The number of ether oxygens (including phenoxy) is 1. The van der Waals surface area contributed by atoms with Crippen LogP contribution in [-0.4, -0.2) is 150 Å². The van der Waals surface area contributed by atoms with Crippen LogP contribution < -0.4 is 27.3 Å². The second kappa shape index (κ2) is 20.1. The molecule has 0 saturated carbocycles. The van der Waals surface area contributed by atoms with Gasteiger partial charge in [-0.05, 0) is 37.0 Å². The molecule has 1 heterocycles. The molecule has 2 rings (SSSR count). The third kappa shape index (κ3) is 13.3. The Labute approximate surface area is 276 Å². The number of unbranched alkanes of at least 4 members (excludes halogenated alkanes) is 1. The number of guanidine groups is 1. The number of aliphatic imine (C=N–C) groups is 1. The number of hydrogen-bond donors (Lipinski definition) is 12. The van der Waals surface area contributed by atoms with Crippen LogP contribution in [-0.2, 0) is 6.42 Å². The van der Waals surface area contributed by atoms with E-state index in [1.807, 2.05) is 12.1 Å². The molecule has 0 aliphatic heterocycles. The van der Waals surface area contributed by atoms with Gasteiger partial charge in [-0.1, -0.05) is 23.7 Å². The predicted octanol–water partition coefficient (Wildman–Crippen LogP) is -3.81. The number of carbonyl (C=O) groups is 1. The number of amides is 1. The SMILES string of the molecule is NC(=NCCCCc1ccc(OCCN(C[C@H](O)[C@@H](O)[C@H](O)CO)C[C@H](O)[C@@H](O)[C@H](O)CO)cc1)NC(=O)c1nc(Cl)c(N)nc1N. The number of aryl methyl sites for hydroxylation is 1. The average Bonchev–Trinajstić information content (AvgIpc) is 3.05. The molecule has 0 spiro atoms. The number of anilines is 2. The lowest BCUT2D eigenvalue weighted by Gasteiger charge is -2.32. The minimum atomic E-state index is -1.68. The summed E-state index contributed by atoms with van der Waals surface area (Å²) < 4.78 is 5.76. The molecule has 15 N–H and O–H groups in total. The summed E-state index contributed by atoms with van der Waals surface area (Å²) in [5.41, 5.74) is 17.7. The molecule has 1 aromatic heterocycles. The van der Waals surface area contributed by atoms with E-state index in [-0.39, 0.29) is 54.7 Å². The molecule has 0 radical (unpaired) electrons. The van der Waals surface area contributed by atoms with Crippen molar-refractivity contribution in [3.05, 3.63) is 40.7 Å². The topological polar surface area (TPSA) is 320 Å². The van der Waals surface area contributed by atoms with Crippen LogP contribution in [0.15, 0.2) is 29.3 Å². The van der Waals surface area contributed by atoms with Crippen molar-refractivity contribution >= 4 is 35.1 Å². The summed E-state index contributed by atoms with van der Waals surface area (Å²) in [4.78, 5) is 25.4. The van der Waals surface area contributed by atoms with E-state index in [9.17, 15) is 35.4 Å². The van der Waals surface area contributed by atoms with E-state index >= 15 is 0 Å². The van der Waals surface area contributed by atoms with Crippen molar-refractivity contribution in [1.29, 1.82) is 0 Å². The predicted molar refractivity (Wildman–Crippen MR) is 171 cm³/mol. The van der Waals surface area contributed by atoms with Gasteiger partial charge in [0.25, 0.3) is 5.91 Å². The normalized spacial score (nSPS) is 15.9. The summed E-state index contributed by atoms with van der Waals surface area (Å²) in [7, 11) is 0. The molecule has 0 unspecified atom stereocenters. The second-order valence-corrected chi connectivity index (χ2v) is 11.0. The molecule has 0 aliphatic rings. The van der Waals surface area contributed by atoms with Crippen molar-refractivity contribution in [2.45, 2.75) is 55.9 Å². The number of benzene rings is 1. The van der Waals surface area contributed by atoms with E-state index in [1.54, 1.807) is 12.1 Å². The Bertz CT molecular complexity index is 1250. The number of nitrogens with zero attached hydrogens (tertiary/aromatic N) is 4. The molecule has 1 amide bonds. The van der Waals surface area contributed by atoms with E-state index in [4.69, 9.17) is 43.8 Å². The minimum Gasteiger partial charge on any atom is -0.492 e. The quantitative estimate of drug-likeness (QED) is 0.0360. The van der Waals surface area contributed by atoms with Crippen molar-refractivity contribution in [3.8, 4) is 5.75 Å². The fraction of sp³-hybridized carbons (Fsp3) is 0.571. The van der Waals surface area contributed by atoms with E-state index in [2.05, 4.69) is 20.3 Å². The minimum absolute atomic E-state index is 0.0661. The number of halogens is 1. The Morgan fingerprint density at radius 2 is 1.47 bits per heavy atom. The van der Waals surface area contributed by atoms with Crippen LogP contribution >= 0.6 is 11.6 Å². The first kappa shape index (κ1) is 39.7. The molecule has 0 fully saturated rings. The highest BCUT2D eigenvalue weighted by Gasteiger charge is 2.30. The van der Waals surface area contributed by atoms with Crippen molar-refractivity contribution in [1.82, 2.24) is 20.2 Å². The molecule has 19 heteroatoms. The molecule has 6 atom stereocenters. The van der Waals surface area contributed by atoms with Gasteiger partial charge >= 0.3 is 0 Å². The van der Waals surface area contributed by atoms with Crippen LogP contribution in [0.25, 0.3) is 0 Å². The van der Waals surface area contributed by atoms with Crippen LogP contribution in [0.2, 0.25) is 5.15 Å². The van der Waals surface area contributed by atoms with E-state index < -0.39 is 55.7 Å². The molecule has 47 heavy (non-hydrogen) atoms. The van der Waals surface area contributed by atoms with Crippen LogP contribution in [0.1, 0.15) is 28.9 Å². The van der Waals surface area contributed by atoms with E-state index in [0.29, 0.717) is 18.7 Å². The highest BCUT2D eigenvalue weighted by molar-refractivity contribution is 6.31. The standard InChI is InChI=1S/C28H45ClN8O10/c29-24-26(31)35-25(30)21(34-24)27(46)36-28(32)33-8-2-1-3-15-4-6-16(7-5-15)47-10-9-37(11-17(40)22(44)19(42)13-38)12-18(41)23(45)20(43)14-39/h4-7,17-20,22-23,38-45H,1-3,8-14H2,(H4,30,31,35)(H3,32,33,36,46)/t17-,18-,19+,20+,22+,23+/m0/s1. The number of nitrogen functional groups attached to an aromatic ring is 2. The van der Waals surface area contributed by atoms with Gasteiger partial charge in [-0.3, -0.25) is 20.0 Å². The third-order valence-corrected chi connectivity index (χ3v) is 7.24. The lowest BCUT2D eigenvalue weighted by atomic mass is 10.1. The fourth-order valence-corrected chi connectivity index (χ4v) is 4.37. The first-order valence-corrected chi connectivity index (χ1v) is 15.1. The van der Waals surface area contributed by atoms with E-state index in [1.165, 1.54) is 4.90 Å². The number of hydrogen-bond acceptors (Lipinski definition) is 16. The molecule has 0 bridgehead atoms. The van der Waals surface area contributed by atoms with Crippen LogP contribution in [0.3, 0.4) is 0 Å². The average molecular weight is 689 g/mol. The summed E-state index contributed by atoms with van der Waals surface area (Å²) in [6, 6.07) is 7.27. The maximum absolute atomic E-state index is 12.3. The van der Waals surface area contributed by atoms with E-state index in [0.717, 1.165) is 18.4 Å². The van der Waals surface area contributed by atoms with Crippen LogP contribution in [0, 0.1) is 0 Å². The Balaban J connectivity index is 1.82. The summed E-state index contributed by atoms with van der Waals surface area (Å²) in [5.74, 6) is -0.617. The molecular weight excluding hydrogens is 644 g/mol. The third-order valence-electron chi connectivity index (χ3n) is 6.96. The zero-order chi connectivity index (χ0) is 35.1. The lowest BCUT2D eigenvalue weighted by molar-refractivity contribution is -0.101. The van der Waals surface area contributed by atoms with Crippen molar-refractivity contribution < 1.29 is 50.4 Å². The van der Waals surface area contributed by atoms with Gasteiger partial charge in [0.05, 0.1) is 25.4 Å². The fourth-order valence-electron chi connectivity index (χ4n) is 4.24. The summed E-state index contributed by atoms with van der Waals surface area (Å²) in [5, 5.41) is 80.1. The molecule has 1 aromatic carbocycles. The molecule has 264 valence electrons. The number of nitrogens with two attached hydrogens (primary N) is 3. The maximum Gasteiger partial charge on any atom is 0.280 e. The number of carbonyl (C=O) groups excluding carboxylic acids is 1. The number of aliphatic hydroxyl groups is 8. The monoisotopic (exact) mass is 688 g/mol. The van der Waals surface area contributed by atoms with Gasteiger partial charge in [0.1, 0.15) is 36.8 Å². The van der Waals surface area contributed by atoms with Crippen molar-refractivity contribution in [2.24, 2.45) is 10.7 Å². The van der Waals surface area contributed by atoms with Crippen molar-refractivity contribution in [2.75, 3.05) is 57.5 Å². The zero-order valence-electron chi connectivity index (χ0n) is 25.6. The zero-order valence-corrected chi connectivity index (χ0v) is 26.4. The molecular formula is C28H45ClN8O10. The smallest absolute Gasteiger partial charge is 0.280 e. The molecule has 0 saturated heterocycles. The van der Waals surface area contributed by atoms with Crippen LogP contribution in [0.5, 0.6) is 5.75 Å². The first-order chi connectivity index (χ1) is 22.3. The number of nitrogens with one attached hydrogen (secondary N) is 1. The number of aliphatic hydroxyl groups excluding tert-OH is 8. The maximum atomic E-state index is 12.3. The van der Waals surface area contributed by atoms with Gasteiger partial charge in [0, 0.05) is 26.2 Å². The van der Waals surface area contributed by atoms with Crippen molar-refractivity contribution in [3.63, 3.8) is 0 Å². The largest absolute Gasteiger partial charge is 0.492 e. The molecule has 2 aromatic rings. The highest BCUT2D eigenvalue weighted by atomic mass is 35.5. The van der Waals surface area contributed by atoms with Gasteiger partial charge in [-0.15, -0.1) is 0 Å². The Morgan fingerprint density at radius 1 is 0.894 bits per heavy atom. The summed E-state index contributed by atoms with van der Waals surface area (Å²) in [6.45, 7) is -1.60. The highest BCUT2D eigenvalue weighted by Crippen LogP contribution is 2.17. The number of aromatic nitrogens is 2. The molecule has 0 aliphatic carbocycles. The van der Waals surface area contributed by atoms with Gasteiger partial charge in [0.15, 0.2) is 28.4 Å². The first-order valence-electron chi connectivity index (χ1n) is 14.7. The lowest BCUT2D eigenvalue weighted by Crippen LogP contribution is -2.51. The van der Waals surface area contributed by atoms with Gasteiger partial charge in [0.2, 0.25) is 0 Å². The summed E-state index contributed by atoms with van der Waals surface area (Å²) >= 11 is 5.79. The summed E-state index contributed by atoms with van der Waals surface area (Å²) in [6.07, 6.45) is -7.42. The second-order valence-electron chi connectivity index (χ2n) is 10.7. The van der Waals surface area contributed by atoms with Gasteiger partial charge < -0.3 is 62.8 Å². The Morgan fingerprint density at radius 3 is 2.02 bits per heavy atom. The Kier molecular flexibility index (Phi) is 17.0. The number of rotatable bonds is 20.